The molecule has 2 rings (SSSR count). The Balaban J connectivity index is 2.37. The van der Waals surface area contributed by atoms with Gasteiger partial charge in [0.15, 0.2) is 0 Å². The number of benzene rings is 1. The van der Waals surface area contributed by atoms with Gasteiger partial charge in [0, 0.05) is 5.69 Å². The summed E-state index contributed by atoms with van der Waals surface area (Å²) in [5, 5.41) is 4.50. The van der Waals surface area contributed by atoms with E-state index in [4.69, 9.17) is 0 Å². The molecule has 0 aliphatic rings. The molecule has 1 aromatic heterocycles. The van der Waals surface area contributed by atoms with Gasteiger partial charge in [-0.2, -0.15) is 5.10 Å². The fourth-order valence-electron chi connectivity index (χ4n) is 2.25. The highest BCUT2D eigenvalue weighted by Crippen LogP contribution is 2.22. The van der Waals surface area contributed by atoms with Gasteiger partial charge >= 0.3 is 0 Å². The van der Waals surface area contributed by atoms with E-state index in [1.54, 1.807) is 0 Å². The van der Waals surface area contributed by atoms with E-state index in [1.165, 1.54) is 16.8 Å². The van der Waals surface area contributed by atoms with Crippen LogP contribution in [0.15, 0.2) is 30.5 Å². The first-order chi connectivity index (χ1) is 8.50. The van der Waals surface area contributed by atoms with Gasteiger partial charge in [-0.05, 0) is 42.0 Å². The van der Waals surface area contributed by atoms with Gasteiger partial charge < -0.3 is 0 Å². The van der Waals surface area contributed by atoms with E-state index in [9.17, 15) is 0 Å². The molecule has 0 bridgehead atoms. The fraction of sp³-hybridized carbons (Fsp3) is 0.438. The van der Waals surface area contributed by atoms with Gasteiger partial charge in [0.1, 0.15) is 0 Å². The largest absolute Gasteiger partial charge is 0.238 e. The number of hydrogen-bond acceptors (Lipinski definition) is 1. The van der Waals surface area contributed by atoms with Crippen LogP contribution < -0.4 is 0 Å². The Morgan fingerprint density at radius 2 is 1.56 bits per heavy atom. The van der Waals surface area contributed by atoms with E-state index in [2.05, 4.69) is 64.0 Å². The predicted molar refractivity (Wildman–Crippen MR) is 76.5 cm³/mol. The van der Waals surface area contributed by atoms with Gasteiger partial charge in [0.25, 0.3) is 0 Å². The van der Waals surface area contributed by atoms with Crippen molar-refractivity contribution in [3.05, 3.63) is 47.3 Å². The van der Waals surface area contributed by atoms with Crippen molar-refractivity contribution in [1.82, 2.24) is 9.78 Å². The van der Waals surface area contributed by atoms with Crippen molar-refractivity contribution in [3.8, 4) is 5.69 Å². The molecule has 0 saturated heterocycles. The number of rotatable bonds is 3. The summed E-state index contributed by atoms with van der Waals surface area (Å²) in [6.07, 6.45) is 1.98. The van der Waals surface area contributed by atoms with Crippen molar-refractivity contribution in [2.24, 2.45) is 0 Å². The highest BCUT2D eigenvalue weighted by atomic mass is 15.3. The first-order valence-electron chi connectivity index (χ1n) is 6.65. The van der Waals surface area contributed by atoms with Crippen LogP contribution in [0.25, 0.3) is 5.69 Å². The third-order valence-corrected chi connectivity index (χ3v) is 3.47. The number of nitrogens with zero attached hydrogens (tertiary/aromatic N) is 2. The van der Waals surface area contributed by atoms with Gasteiger partial charge in [0.2, 0.25) is 0 Å². The lowest BCUT2D eigenvalue weighted by Crippen LogP contribution is -2.00. The van der Waals surface area contributed by atoms with Crippen molar-refractivity contribution in [2.45, 2.75) is 46.5 Å². The van der Waals surface area contributed by atoms with Crippen LogP contribution in [0, 0.1) is 6.92 Å². The Bertz CT molecular complexity index is 519. The number of aromatic nitrogens is 2. The monoisotopic (exact) mass is 242 g/mol. The van der Waals surface area contributed by atoms with Crippen molar-refractivity contribution in [1.29, 1.82) is 0 Å². The zero-order valence-electron chi connectivity index (χ0n) is 11.9. The van der Waals surface area contributed by atoms with Crippen molar-refractivity contribution in [3.63, 3.8) is 0 Å². The molecule has 0 unspecified atom stereocenters. The second kappa shape index (κ2) is 4.97. The molecular formula is C16H22N2. The lowest BCUT2D eigenvalue weighted by atomic mass is 10.0. The average molecular weight is 242 g/mol. The maximum Gasteiger partial charge on any atom is 0.0648 e. The first-order valence-corrected chi connectivity index (χ1v) is 6.65. The molecule has 0 radical (unpaired) electrons. The minimum absolute atomic E-state index is 0.522. The van der Waals surface area contributed by atoms with Crippen LogP contribution in [-0.2, 0) is 0 Å². The maximum absolute atomic E-state index is 4.50. The van der Waals surface area contributed by atoms with Gasteiger partial charge in [-0.25, -0.2) is 4.68 Å². The second-order valence-electron chi connectivity index (χ2n) is 5.50. The van der Waals surface area contributed by atoms with E-state index < -0.39 is 0 Å². The van der Waals surface area contributed by atoms with Gasteiger partial charge in [0.05, 0.1) is 11.9 Å². The zero-order valence-corrected chi connectivity index (χ0v) is 11.9. The zero-order chi connectivity index (χ0) is 13.3. The molecule has 0 fully saturated rings. The lowest BCUT2D eigenvalue weighted by Gasteiger charge is -2.09. The summed E-state index contributed by atoms with van der Waals surface area (Å²) >= 11 is 0. The highest BCUT2D eigenvalue weighted by molar-refractivity contribution is 5.38. The average Bonchev–Trinajstić information content (AvgIpc) is 2.71. The molecule has 2 nitrogen and oxygen atoms in total. The molecule has 18 heavy (non-hydrogen) atoms. The quantitative estimate of drug-likeness (QED) is 0.778. The maximum atomic E-state index is 4.50. The third-order valence-electron chi connectivity index (χ3n) is 3.47. The molecule has 0 atom stereocenters. The Kier molecular flexibility index (Phi) is 3.55. The Morgan fingerprint density at radius 1 is 0.944 bits per heavy atom. The van der Waals surface area contributed by atoms with E-state index in [0.29, 0.717) is 11.8 Å². The summed E-state index contributed by atoms with van der Waals surface area (Å²) in [5.74, 6) is 1.10. The predicted octanol–water partition coefficient (Wildman–Crippen LogP) is 4.43. The summed E-state index contributed by atoms with van der Waals surface area (Å²) in [6, 6.07) is 8.69. The van der Waals surface area contributed by atoms with E-state index in [-0.39, 0.29) is 0 Å². The normalized spacial score (nSPS) is 11.5. The van der Waals surface area contributed by atoms with Crippen LogP contribution >= 0.6 is 0 Å². The van der Waals surface area contributed by atoms with Crippen LogP contribution in [0.5, 0.6) is 0 Å². The van der Waals surface area contributed by atoms with Crippen LogP contribution in [0.3, 0.4) is 0 Å². The van der Waals surface area contributed by atoms with E-state index in [1.807, 2.05) is 10.9 Å². The summed E-state index contributed by atoms with van der Waals surface area (Å²) < 4.78 is 2.03. The van der Waals surface area contributed by atoms with Crippen LogP contribution in [0.1, 0.15) is 56.4 Å². The summed E-state index contributed by atoms with van der Waals surface area (Å²) in [4.78, 5) is 0. The first kappa shape index (κ1) is 12.9. The third kappa shape index (κ3) is 2.33. The summed E-state index contributed by atoms with van der Waals surface area (Å²) in [6.45, 7) is 11.0. The Morgan fingerprint density at radius 3 is 2.00 bits per heavy atom. The van der Waals surface area contributed by atoms with Crippen LogP contribution in [0.2, 0.25) is 0 Å². The Labute approximate surface area is 110 Å². The van der Waals surface area contributed by atoms with E-state index in [0.717, 1.165) is 5.69 Å². The molecule has 1 aromatic carbocycles. The molecule has 1 heterocycles. The molecule has 0 saturated carbocycles. The molecule has 0 spiro atoms. The number of hydrogen-bond donors (Lipinski definition) is 0. The summed E-state index contributed by atoms with van der Waals surface area (Å²) in [5.41, 5.74) is 5.07. The summed E-state index contributed by atoms with van der Waals surface area (Å²) in [7, 11) is 0. The van der Waals surface area contributed by atoms with Crippen molar-refractivity contribution < 1.29 is 0 Å². The molecule has 2 heteroatoms. The molecule has 0 aliphatic heterocycles. The van der Waals surface area contributed by atoms with Gasteiger partial charge in [-0.1, -0.05) is 39.8 Å². The van der Waals surface area contributed by atoms with Crippen LogP contribution in [-0.4, -0.2) is 9.78 Å². The minimum Gasteiger partial charge on any atom is -0.238 e. The van der Waals surface area contributed by atoms with Crippen LogP contribution in [0.4, 0.5) is 0 Å². The van der Waals surface area contributed by atoms with Crippen molar-refractivity contribution >= 4 is 0 Å². The molecule has 96 valence electrons. The van der Waals surface area contributed by atoms with Gasteiger partial charge in [-0.3, -0.25) is 0 Å². The molecule has 0 N–H and O–H groups in total. The lowest BCUT2D eigenvalue weighted by molar-refractivity contribution is 0.819. The SMILES string of the molecule is Cc1c(C(C)C)cnn1-c1ccc(C(C)C)cc1. The Hall–Kier alpha value is -1.57. The second-order valence-corrected chi connectivity index (χ2v) is 5.50. The highest BCUT2D eigenvalue weighted by Gasteiger charge is 2.10. The molecule has 2 aromatic rings. The standard InChI is InChI=1S/C16H22N2/c1-11(2)14-6-8-15(9-7-14)18-13(5)16(10-17-18)12(3)4/h6-12H,1-5H3. The van der Waals surface area contributed by atoms with E-state index >= 15 is 0 Å². The fourth-order valence-corrected chi connectivity index (χ4v) is 2.25. The minimum atomic E-state index is 0.522. The molecule has 0 amide bonds. The molecule has 0 aliphatic carbocycles. The van der Waals surface area contributed by atoms with Crippen molar-refractivity contribution in [2.75, 3.05) is 0 Å². The molecular weight excluding hydrogens is 220 g/mol. The smallest absolute Gasteiger partial charge is 0.0648 e. The topological polar surface area (TPSA) is 17.8 Å². The van der Waals surface area contributed by atoms with Gasteiger partial charge in [-0.15, -0.1) is 0 Å².